The fourth-order valence-electron chi connectivity index (χ4n) is 0.617. The van der Waals surface area contributed by atoms with Crippen LogP contribution < -0.4 is 0 Å². The van der Waals surface area contributed by atoms with Gasteiger partial charge in [-0.3, -0.25) is 0 Å². The van der Waals surface area contributed by atoms with Crippen molar-refractivity contribution in [1.82, 2.24) is 0 Å². The van der Waals surface area contributed by atoms with E-state index in [1.165, 1.54) is 0 Å². The van der Waals surface area contributed by atoms with E-state index in [0.717, 1.165) is 0 Å². The van der Waals surface area contributed by atoms with Gasteiger partial charge in [-0.1, -0.05) is 6.08 Å². The zero-order valence-corrected chi connectivity index (χ0v) is 6.49. The normalized spacial score (nSPS) is 16.8. The topological polar surface area (TPSA) is 20.2 Å². The van der Waals surface area contributed by atoms with Gasteiger partial charge in [-0.05, 0) is 19.8 Å². The largest absolute Gasteiger partial charge is 0.390 e. The molecular formula is C7H13ClO. The maximum absolute atomic E-state index is 9.36. The van der Waals surface area contributed by atoms with Gasteiger partial charge in [0.2, 0.25) is 0 Å². The van der Waals surface area contributed by atoms with Gasteiger partial charge in [-0.2, -0.15) is 0 Å². The molecule has 0 bridgehead atoms. The Morgan fingerprint density at radius 1 is 1.78 bits per heavy atom. The smallest absolute Gasteiger partial charge is 0.0665 e. The number of rotatable bonds is 4. The Kier molecular flexibility index (Phi) is 3.91. The first-order valence-electron chi connectivity index (χ1n) is 3.01. The van der Waals surface area contributed by atoms with Crippen LogP contribution in [0.1, 0.15) is 19.8 Å². The average molecular weight is 149 g/mol. The molecule has 0 heterocycles. The van der Waals surface area contributed by atoms with Crippen molar-refractivity contribution >= 4 is 11.6 Å². The molecule has 1 nitrogen and oxygen atoms in total. The molecule has 0 saturated heterocycles. The van der Waals surface area contributed by atoms with Gasteiger partial charge in [0.1, 0.15) is 0 Å². The molecule has 0 aromatic carbocycles. The highest BCUT2D eigenvalue weighted by atomic mass is 35.5. The number of hydrogen-bond donors (Lipinski definition) is 1. The second-order valence-electron chi connectivity index (χ2n) is 2.43. The van der Waals surface area contributed by atoms with Crippen LogP contribution in [0.4, 0.5) is 0 Å². The first-order valence-corrected chi connectivity index (χ1v) is 3.55. The fourth-order valence-corrected chi connectivity index (χ4v) is 1.02. The SMILES string of the molecule is C=CCC(C)(O)CCCl. The Morgan fingerprint density at radius 3 is 2.67 bits per heavy atom. The van der Waals surface area contributed by atoms with E-state index >= 15 is 0 Å². The van der Waals surface area contributed by atoms with Gasteiger partial charge in [0.05, 0.1) is 5.60 Å². The number of aliphatic hydroxyl groups is 1. The summed E-state index contributed by atoms with van der Waals surface area (Å²) in [5.74, 6) is 0.501. The first-order chi connectivity index (χ1) is 4.12. The minimum absolute atomic E-state index is 0.501. The average Bonchev–Trinajstić information content (AvgIpc) is 1.64. The molecule has 54 valence electrons. The molecule has 0 aromatic heterocycles. The maximum Gasteiger partial charge on any atom is 0.0665 e. The van der Waals surface area contributed by atoms with E-state index < -0.39 is 5.60 Å². The summed E-state index contributed by atoms with van der Waals surface area (Å²) in [6, 6.07) is 0. The van der Waals surface area contributed by atoms with Crippen molar-refractivity contribution in [3.63, 3.8) is 0 Å². The zero-order valence-electron chi connectivity index (χ0n) is 5.73. The van der Waals surface area contributed by atoms with E-state index in [0.29, 0.717) is 18.7 Å². The summed E-state index contributed by atoms with van der Waals surface area (Å²) < 4.78 is 0. The summed E-state index contributed by atoms with van der Waals surface area (Å²) in [6.45, 7) is 5.29. The predicted molar refractivity (Wildman–Crippen MR) is 40.8 cm³/mol. The Bertz CT molecular complexity index is 88.9. The van der Waals surface area contributed by atoms with Crippen LogP contribution in [0.25, 0.3) is 0 Å². The Hall–Kier alpha value is -0.0100. The summed E-state index contributed by atoms with van der Waals surface area (Å²) >= 11 is 5.43. The summed E-state index contributed by atoms with van der Waals surface area (Å²) in [5, 5.41) is 9.36. The molecule has 0 saturated carbocycles. The lowest BCUT2D eigenvalue weighted by atomic mass is 10.00. The van der Waals surface area contributed by atoms with Gasteiger partial charge in [-0.15, -0.1) is 18.2 Å². The van der Waals surface area contributed by atoms with Crippen LogP contribution in [0.15, 0.2) is 12.7 Å². The van der Waals surface area contributed by atoms with Gasteiger partial charge in [-0.25, -0.2) is 0 Å². The molecule has 0 aromatic rings. The second-order valence-corrected chi connectivity index (χ2v) is 2.81. The standard InChI is InChI=1S/C7H13ClO/c1-3-4-7(2,9)5-6-8/h3,9H,1,4-6H2,2H3. The Balaban J connectivity index is 3.55. The molecule has 2 heteroatoms. The van der Waals surface area contributed by atoms with E-state index in [1.54, 1.807) is 13.0 Å². The van der Waals surface area contributed by atoms with Gasteiger partial charge < -0.3 is 5.11 Å². The van der Waals surface area contributed by atoms with Crippen molar-refractivity contribution in [3.05, 3.63) is 12.7 Å². The van der Waals surface area contributed by atoms with E-state index in [1.807, 2.05) is 0 Å². The molecule has 0 rings (SSSR count). The lowest BCUT2D eigenvalue weighted by Crippen LogP contribution is -2.23. The zero-order chi connectivity index (χ0) is 7.33. The summed E-state index contributed by atoms with van der Waals surface area (Å²) in [7, 11) is 0. The highest BCUT2D eigenvalue weighted by molar-refractivity contribution is 6.17. The predicted octanol–water partition coefficient (Wildman–Crippen LogP) is 1.94. The molecule has 1 atom stereocenters. The van der Waals surface area contributed by atoms with Crippen molar-refractivity contribution in [2.24, 2.45) is 0 Å². The third-order valence-corrected chi connectivity index (χ3v) is 1.41. The van der Waals surface area contributed by atoms with Crippen molar-refractivity contribution in [2.45, 2.75) is 25.4 Å². The lowest BCUT2D eigenvalue weighted by Gasteiger charge is -2.19. The molecule has 0 fully saturated rings. The second kappa shape index (κ2) is 3.91. The molecule has 0 aliphatic heterocycles. The minimum atomic E-state index is -0.649. The Labute approximate surface area is 61.3 Å². The third-order valence-electron chi connectivity index (χ3n) is 1.22. The van der Waals surface area contributed by atoms with E-state index in [2.05, 4.69) is 6.58 Å². The molecular weight excluding hydrogens is 136 g/mol. The fraction of sp³-hybridized carbons (Fsp3) is 0.714. The van der Waals surface area contributed by atoms with Crippen LogP contribution in [0.5, 0.6) is 0 Å². The van der Waals surface area contributed by atoms with Gasteiger partial charge in [0, 0.05) is 5.88 Å². The molecule has 1 N–H and O–H groups in total. The van der Waals surface area contributed by atoms with Crippen LogP contribution in [-0.4, -0.2) is 16.6 Å². The van der Waals surface area contributed by atoms with Crippen LogP contribution in [0.2, 0.25) is 0 Å². The number of hydrogen-bond acceptors (Lipinski definition) is 1. The van der Waals surface area contributed by atoms with E-state index in [9.17, 15) is 5.11 Å². The van der Waals surface area contributed by atoms with Crippen molar-refractivity contribution in [1.29, 1.82) is 0 Å². The van der Waals surface area contributed by atoms with Gasteiger partial charge in [0.25, 0.3) is 0 Å². The molecule has 1 unspecified atom stereocenters. The quantitative estimate of drug-likeness (QED) is 0.477. The summed E-state index contributed by atoms with van der Waals surface area (Å²) in [4.78, 5) is 0. The van der Waals surface area contributed by atoms with Crippen LogP contribution >= 0.6 is 11.6 Å². The third kappa shape index (κ3) is 4.49. The lowest BCUT2D eigenvalue weighted by molar-refractivity contribution is 0.0602. The molecule has 0 spiro atoms. The highest BCUT2D eigenvalue weighted by Gasteiger charge is 2.16. The van der Waals surface area contributed by atoms with E-state index in [4.69, 9.17) is 11.6 Å². The molecule has 0 radical (unpaired) electrons. The monoisotopic (exact) mass is 148 g/mol. The molecule has 0 aliphatic carbocycles. The first kappa shape index (κ1) is 8.99. The Morgan fingerprint density at radius 2 is 2.33 bits per heavy atom. The molecule has 0 amide bonds. The number of halogens is 1. The molecule has 9 heavy (non-hydrogen) atoms. The highest BCUT2D eigenvalue weighted by Crippen LogP contribution is 2.14. The maximum atomic E-state index is 9.36. The van der Waals surface area contributed by atoms with Crippen molar-refractivity contribution < 1.29 is 5.11 Å². The van der Waals surface area contributed by atoms with E-state index in [-0.39, 0.29) is 0 Å². The minimum Gasteiger partial charge on any atom is -0.390 e. The van der Waals surface area contributed by atoms with Crippen LogP contribution in [-0.2, 0) is 0 Å². The number of alkyl halides is 1. The van der Waals surface area contributed by atoms with Gasteiger partial charge >= 0.3 is 0 Å². The summed E-state index contributed by atoms with van der Waals surface area (Å²) in [6.07, 6.45) is 2.94. The summed E-state index contributed by atoms with van der Waals surface area (Å²) in [5.41, 5.74) is -0.649. The molecule has 0 aliphatic rings. The van der Waals surface area contributed by atoms with Crippen LogP contribution in [0, 0.1) is 0 Å². The van der Waals surface area contributed by atoms with Gasteiger partial charge in [0.15, 0.2) is 0 Å². The van der Waals surface area contributed by atoms with Crippen molar-refractivity contribution in [3.8, 4) is 0 Å². The van der Waals surface area contributed by atoms with Crippen LogP contribution in [0.3, 0.4) is 0 Å². The van der Waals surface area contributed by atoms with Crippen molar-refractivity contribution in [2.75, 3.05) is 5.88 Å².